The number of hydrogen-bond acceptors (Lipinski definition) is 2. The highest BCUT2D eigenvalue weighted by molar-refractivity contribution is 5.24. The summed E-state index contributed by atoms with van der Waals surface area (Å²) >= 11 is 0. The monoisotopic (exact) mass is 258 g/mol. The first-order valence-corrected chi connectivity index (χ1v) is 7.76. The summed E-state index contributed by atoms with van der Waals surface area (Å²) in [7, 11) is 0. The maximum atomic E-state index is 6.18. The van der Waals surface area contributed by atoms with E-state index in [1.807, 2.05) is 0 Å². The molecule has 2 atom stereocenters. The molecule has 2 unspecified atom stereocenters. The molecule has 19 heavy (non-hydrogen) atoms. The first kappa shape index (κ1) is 13.1. The van der Waals surface area contributed by atoms with Crippen molar-refractivity contribution in [2.75, 3.05) is 19.6 Å². The summed E-state index contributed by atoms with van der Waals surface area (Å²) < 4.78 is 0. The largest absolute Gasteiger partial charge is 0.329 e. The first-order valence-electron chi connectivity index (χ1n) is 7.76. The molecule has 3 rings (SSSR count). The van der Waals surface area contributed by atoms with Gasteiger partial charge in [-0.2, -0.15) is 0 Å². The molecule has 2 N–H and O–H groups in total. The molecule has 0 aromatic heterocycles. The highest BCUT2D eigenvalue weighted by Crippen LogP contribution is 2.43. The molecule has 0 bridgehead atoms. The van der Waals surface area contributed by atoms with Crippen LogP contribution in [0.15, 0.2) is 30.3 Å². The van der Waals surface area contributed by atoms with Crippen molar-refractivity contribution in [3.05, 3.63) is 35.9 Å². The Morgan fingerprint density at radius 3 is 2.58 bits per heavy atom. The van der Waals surface area contributed by atoms with Crippen LogP contribution in [0.3, 0.4) is 0 Å². The molecule has 0 amide bonds. The van der Waals surface area contributed by atoms with Crippen molar-refractivity contribution in [1.82, 2.24) is 4.90 Å². The smallest absolute Gasteiger partial charge is 0.0357 e. The van der Waals surface area contributed by atoms with E-state index in [4.69, 9.17) is 5.73 Å². The van der Waals surface area contributed by atoms with Crippen LogP contribution in [0.4, 0.5) is 0 Å². The molecule has 2 fully saturated rings. The van der Waals surface area contributed by atoms with E-state index in [1.54, 1.807) is 0 Å². The third-order valence-electron chi connectivity index (χ3n) is 5.55. The number of rotatable bonds is 3. The van der Waals surface area contributed by atoms with Crippen molar-refractivity contribution in [2.24, 2.45) is 11.7 Å². The number of nitrogens with zero attached hydrogens (tertiary/aromatic N) is 1. The van der Waals surface area contributed by atoms with Crippen LogP contribution < -0.4 is 5.73 Å². The Kier molecular flexibility index (Phi) is 3.64. The molecule has 2 nitrogen and oxygen atoms in total. The number of nitrogens with two attached hydrogens (primary N) is 1. The minimum absolute atomic E-state index is 0.295. The number of benzene rings is 1. The maximum Gasteiger partial charge on any atom is 0.0357 e. The lowest BCUT2D eigenvalue weighted by atomic mass is 9.70. The van der Waals surface area contributed by atoms with Crippen LogP contribution >= 0.6 is 0 Å². The summed E-state index contributed by atoms with van der Waals surface area (Å²) in [6.45, 7) is 5.63. The van der Waals surface area contributed by atoms with Gasteiger partial charge in [-0.25, -0.2) is 0 Å². The van der Waals surface area contributed by atoms with E-state index >= 15 is 0 Å². The topological polar surface area (TPSA) is 29.3 Å². The third kappa shape index (κ3) is 2.21. The van der Waals surface area contributed by atoms with E-state index in [-0.39, 0.29) is 0 Å². The van der Waals surface area contributed by atoms with Gasteiger partial charge >= 0.3 is 0 Å². The zero-order valence-electron chi connectivity index (χ0n) is 12.0. The summed E-state index contributed by atoms with van der Waals surface area (Å²) in [4.78, 5) is 2.68. The van der Waals surface area contributed by atoms with Crippen molar-refractivity contribution < 1.29 is 0 Å². The van der Waals surface area contributed by atoms with Gasteiger partial charge in [-0.3, -0.25) is 4.90 Å². The van der Waals surface area contributed by atoms with Gasteiger partial charge in [0.2, 0.25) is 0 Å². The Morgan fingerprint density at radius 2 is 1.95 bits per heavy atom. The molecule has 1 saturated carbocycles. The minimum Gasteiger partial charge on any atom is -0.329 e. The van der Waals surface area contributed by atoms with Crippen LogP contribution in [-0.2, 0) is 0 Å². The Hall–Kier alpha value is -0.860. The predicted octanol–water partition coefficient (Wildman–Crippen LogP) is 2.99. The lowest BCUT2D eigenvalue weighted by molar-refractivity contribution is -0.0408. The van der Waals surface area contributed by atoms with Gasteiger partial charge in [0.15, 0.2) is 0 Å². The summed E-state index contributed by atoms with van der Waals surface area (Å²) in [6, 6.07) is 10.9. The Balaban J connectivity index is 1.68. The van der Waals surface area contributed by atoms with Gasteiger partial charge in [0.25, 0.3) is 0 Å². The highest BCUT2D eigenvalue weighted by Gasteiger charge is 2.47. The van der Waals surface area contributed by atoms with E-state index in [1.165, 1.54) is 44.3 Å². The van der Waals surface area contributed by atoms with E-state index in [2.05, 4.69) is 42.2 Å². The molecule has 0 spiro atoms. The second-order valence-electron chi connectivity index (χ2n) is 6.47. The van der Waals surface area contributed by atoms with Crippen LogP contribution in [0.25, 0.3) is 0 Å². The molecule has 1 aromatic rings. The fraction of sp³-hybridized carbons (Fsp3) is 0.647. The van der Waals surface area contributed by atoms with E-state index in [0.717, 1.165) is 18.4 Å². The van der Waals surface area contributed by atoms with E-state index in [9.17, 15) is 0 Å². The fourth-order valence-electron chi connectivity index (χ4n) is 4.08. The molecular weight excluding hydrogens is 232 g/mol. The van der Waals surface area contributed by atoms with Gasteiger partial charge in [0.1, 0.15) is 0 Å². The van der Waals surface area contributed by atoms with E-state index < -0.39 is 0 Å². The van der Waals surface area contributed by atoms with Crippen LogP contribution in [-0.4, -0.2) is 30.1 Å². The van der Waals surface area contributed by atoms with Gasteiger partial charge in [-0.05, 0) is 24.3 Å². The molecule has 0 radical (unpaired) electrons. The first-order chi connectivity index (χ1) is 9.26. The molecule has 1 aliphatic carbocycles. The quantitative estimate of drug-likeness (QED) is 0.903. The molecule has 2 heteroatoms. The second-order valence-corrected chi connectivity index (χ2v) is 6.47. The van der Waals surface area contributed by atoms with Gasteiger partial charge < -0.3 is 5.73 Å². The van der Waals surface area contributed by atoms with Crippen molar-refractivity contribution in [3.63, 3.8) is 0 Å². The minimum atomic E-state index is 0.295. The van der Waals surface area contributed by atoms with Gasteiger partial charge in [0.05, 0.1) is 0 Å². The molecule has 2 aliphatic rings. The van der Waals surface area contributed by atoms with Gasteiger partial charge in [-0.15, -0.1) is 0 Å². The molecule has 1 aromatic carbocycles. The van der Waals surface area contributed by atoms with Crippen molar-refractivity contribution >= 4 is 0 Å². The lowest BCUT2D eigenvalue weighted by Gasteiger charge is -2.56. The zero-order chi connectivity index (χ0) is 13.3. The average Bonchev–Trinajstić information content (AvgIpc) is 2.40. The predicted molar refractivity (Wildman–Crippen MR) is 80.2 cm³/mol. The number of likely N-dealkylation sites (tertiary alicyclic amines) is 1. The van der Waals surface area contributed by atoms with Crippen LogP contribution in [0, 0.1) is 5.92 Å². The summed E-state index contributed by atoms with van der Waals surface area (Å²) in [6.07, 6.45) is 5.39. The Bertz CT molecular complexity index is 411. The third-order valence-corrected chi connectivity index (χ3v) is 5.55. The van der Waals surface area contributed by atoms with Crippen molar-refractivity contribution in [2.45, 2.75) is 44.1 Å². The maximum absolute atomic E-state index is 6.18. The van der Waals surface area contributed by atoms with Crippen LogP contribution in [0.2, 0.25) is 0 Å². The van der Waals surface area contributed by atoms with Crippen LogP contribution in [0.1, 0.15) is 44.1 Å². The molecular formula is C17H26N2. The molecule has 1 heterocycles. The highest BCUT2D eigenvalue weighted by atomic mass is 15.3. The van der Waals surface area contributed by atoms with Gasteiger partial charge in [0, 0.05) is 31.1 Å². The van der Waals surface area contributed by atoms with Crippen LogP contribution in [0.5, 0.6) is 0 Å². The standard InChI is InChI=1S/C17H26N2/c1-14-7-5-6-10-17(14,13-18)19-11-16(12-19)15-8-3-2-4-9-15/h2-4,8-9,14,16H,5-7,10-13,18H2,1H3. The Morgan fingerprint density at radius 1 is 1.21 bits per heavy atom. The zero-order valence-corrected chi connectivity index (χ0v) is 12.0. The lowest BCUT2D eigenvalue weighted by Crippen LogP contribution is -2.65. The van der Waals surface area contributed by atoms with Crippen molar-refractivity contribution in [3.8, 4) is 0 Å². The fourth-order valence-corrected chi connectivity index (χ4v) is 4.08. The van der Waals surface area contributed by atoms with Gasteiger partial charge in [-0.1, -0.05) is 50.1 Å². The Labute approximate surface area is 117 Å². The SMILES string of the molecule is CC1CCCCC1(CN)N1CC(c2ccccc2)C1. The van der Waals surface area contributed by atoms with E-state index in [0.29, 0.717) is 5.54 Å². The summed E-state index contributed by atoms with van der Waals surface area (Å²) in [5.41, 5.74) is 7.97. The molecule has 1 saturated heterocycles. The summed E-state index contributed by atoms with van der Waals surface area (Å²) in [5, 5.41) is 0. The molecule has 1 aliphatic heterocycles. The second kappa shape index (κ2) is 5.26. The number of hydrogen-bond donors (Lipinski definition) is 1. The van der Waals surface area contributed by atoms with Crippen molar-refractivity contribution in [1.29, 1.82) is 0 Å². The molecule has 104 valence electrons. The normalized spacial score (nSPS) is 33.1. The average molecular weight is 258 g/mol. The summed E-state index contributed by atoms with van der Waals surface area (Å²) in [5.74, 6) is 1.47.